The number of carbonyl (C=O) groups excluding carboxylic acids is 1. The number of nitrogens with zero attached hydrogens (tertiary/aromatic N) is 1. The van der Waals surface area contributed by atoms with E-state index in [9.17, 15) is 4.79 Å². The average Bonchev–Trinajstić information content (AvgIpc) is 2.56. The minimum absolute atomic E-state index is 0.117. The van der Waals surface area contributed by atoms with Gasteiger partial charge in [-0.25, -0.2) is 0 Å². The van der Waals surface area contributed by atoms with E-state index < -0.39 is 0 Å². The maximum absolute atomic E-state index is 12.4. The lowest BCUT2D eigenvalue weighted by atomic mass is 10.0. The smallest absolute Gasteiger partial charge is 0.255 e. The minimum Gasteiger partial charge on any atom is -0.323 e. The summed E-state index contributed by atoms with van der Waals surface area (Å²) in [4.78, 5) is 12.4. The zero-order valence-electron chi connectivity index (χ0n) is 12.8. The highest BCUT2D eigenvalue weighted by Gasteiger charge is 2.08. The fourth-order valence-electron chi connectivity index (χ4n) is 2.48. The number of nitrogens with two attached hydrogens (primary N) is 1. The van der Waals surface area contributed by atoms with Gasteiger partial charge in [0.05, 0.1) is 6.21 Å². The van der Waals surface area contributed by atoms with Crippen molar-refractivity contribution >= 4 is 28.6 Å². The highest BCUT2D eigenvalue weighted by molar-refractivity contribution is 6.07. The summed E-state index contributed by atoms with van der Waals surface area (Å²) >= 11 is 0. The number of anilines is 1. The molecule has 0 atom stereocenters. The third-order valence-electron chi connectivity index (χ3n) is 3.74. The van der Waals surface area contributed by atoms with Gasteiger partial charge in [0.1, 0.15) is 0 Å². The van der Waals surface area contributed by atoms with Crippen LogP contribution in [0.1, 0.15) is 21.5 Å². The first-order valence-corrected chi connectivity index (χ1v) is 7.31. The van der Waals surface area contributed by atoms with E-state index in [4.69, 9.17) is 5.84 Å². The number of amides is 1. The Hall–Kier alpha value is -3.14. The number of nitrogens with one attached hydrogen (secondary N) is 1. The molecule has 0 saturated heterocycles. The highest BCUT2D eigenvalue weighted by Crippen LogP contribution is 2.19. The summed E-state index contributed by atoms with van der Waals surface area (Å²) in [6, 6.07) is 19.2. The monoisotopic (exact) mass is 303 g/mol. The van der Waals surface area contributed by atoms with Gasteiger partial charge in [-0.2, -0.15) is 5.10 Å². The van der Waals surface area contributed by atoms with Crippen molar-refractivity contribution in [3.63, 3.8) is 0 Å². The molecule has 3 aromatic rings. The summed E-state index contributed by atoms with van der Waals surface area (Å²) in [5, 5.41) is 8.50. The summed E-state index contributed by atoms with van der Waals surface area (Å²) in [5.41, 5.74) is 3.41. The van der Waals surface area contributed by atoms with Gasteiger partial charge in [-0.15, -0.1) is 0 Å². The second-order valence-corrected chi connectivity index (χ2v) is 5.37. The van der Waals surface area contributed by atoms with E-state index in [-0.39, 0.29) is 5.91 Å². The van der Waals surface area contributed by atoms with Crippen LogP contribution in [-0.2, 0) is 0 Å². The minimum atomic E-state index is -0.117. The normalized spacial score (nSPS) is 11.0. The van der Waals surface area contributed by atoms with E-state index >= 15 is 0 Å². The number of para-hydroxylation sites is 1. The van der Waals surface area contributed by atoms with Crippen LogP contribution in [0.2, 0.25) is 0 Å². The summed E-state index contributed by atoms with van der Waals surface area (Å²) in [7, 11) is 0. The van der Waals surface area contributed by atoms with Crippen molar-refractivity contribution < 1.29 is 4.79 Å². The fourth-order valence-corrected chi connectivity index (χ4v) is 2.48. The molecule has 0 unspecified atom stereocenters. The first-order chi connectivity index (χ1) is 11.2. The molecule has 0 aromatic heterocycles. The van der Waals surface area contributed by atoms with Crippen LogP contribution in [0.4, 0.5) is 5.69 Å². The molecule has 0 spiro atoms. The number of fused-ring (bicyclic) bond motifs is 1. The maximum Gasteiger partial charge on any atom is 0.255 e. The SMILES string of the molecule is Cc1ccccc1NC(=O)c1ccc2cc(C=NN)ccc2c1. The molecule has 3 N–H and O–H groups in total. The van der Waals surface area contributed by atoms with Crippen molar-refractivity contribution in [1.82, 2.24) is 0 Å². The van der Waals surface area contributed by atoms with Crippen molar-refractivity contribution in [2.45, 2.75) is 6.92 Å². The molecule has 0 aliphatic carbocycles. The Kier molecular flexibility index (Phi) is 4.06. The van der Waals surface area contributed by atoms with Crippen molar-refractivity contribution in [2.24, 2.45) is 10.9 Å². The van der Waals surface area contributed by atoms with E-state index in [1.54, 1.807) is 6.21 Å². The Balaban J connectivity index is 1.89. The Bertz CT molecular complexity index is 900. The topological polar surface area (TPSA) is 67.5 Å². The van der Waals surface area contributed by atoms with Crippen LogP contribution < -0.4 is 11.2 Å². The molecule has 0 aliphatic rings. The molecule has 3 aromatic carbocycles. The molecular formula is C19H17N3O. The first-order valence-electron chi connectivity index (χ1n) is 7.31. The molecule has 0 radical (unpaired) electrons. The predicted octanol–water partition coefficient (Wildman–Crippen LogP) is 3.69. The fraction of sp³-hybridized carbons (Fsp3) is 0.0526. The molecule has 114 valence electrons. The second-order valence-electron chi connectivity index (χ2n) is 5.37. The van der Waals surface area contributed by atoms with Gasteiger partial charge in [0.25, 0.3) is 5.91 Å². The summed E-state index contributed by atoms with van der Waals surface area (Å²) in [6.45, 7) is 1.97. The zero-order valence-corrected chi connectivity index (χ0v) is 12.8. The Morgan fingerprint density at radius 3 is 2.57 bits per heavy atom. The summed E-state index contributed by atoms with van der Waals surface area (Å²) in [5.74, 6) is 5.05. The quantitative estimate of drug-likeness (QED) is 0.440. The lowest BCUT2D eigenvalue weighted by Crippen LogP contribution is -2.12. The van der Waals surface area contributed by atoms with E-state index in [1.165, 1.54) is 0 Å². The molecule has 0 saturated carbocycles. The molecule has 0 aliphatic heterocycles. The van der Waals surface area contributed by atoms with Crippen LogP contribution in [0.3, 0.4) is 0 Å². The number of benzene rings is 3. The molecular weight excluding hydrogens is 286 g/mol. The molecule has 0 fully saturated rings. The third-order valence-corrected chi connectivity index (χ3v) is 3.74. The number of rotatable bonds is 3. The standard InChI is InChI=1S/C19H17N3O/c1-13-4-2-3-5-18(13)22-19(23)17-9-8-15-10-14(12-21-20)6-7-16(15)11-17/h2-12H,20H2,1H3,(H,22,23). The third kappa shape index (κ3) is 3.21. The molecule has 4 heteroatoms. The van der Waals surface area contributed by atoms with Crippen LogP contribution in [0, 0.1) is 6.92 Å². The van der Waals surface area contributed by atoms with Gasteiger partial charge in [0, 0.05) is 11.3 Å². The lowest BCUT2D eigenvalue weighted by Gasteiger charge is -2.09. The summed E-state index contributed by atoms with van der Waals surface area (Å²) < 4.78 is 0. The Labute approximate surface area is 134 Å². The largest absolute Gasteiger partial charge is 0.323 e. The van der Waals surface area contributed by atoms with Gasteiger partial charge in [0.2, 0.25) is 0 Å². The van der Waals surface area contributed by atoms with Crippen LogP contribution in [-0.4, -0.2) is 12.1 Å². The van der Waals surface area contributed by atoms with Crippen LogP contribution >= 0.6 is 0 Å². The summed E-state index contributed by atoms with van der Waals surface area (Å²) in [6.07, 6.45) is 1.60. The molecule has 23 heavy (non-hydrogen) atoms. The number of carbonyl (C=O) groups is 1. The van der Waals surface area contributed by atoms with Gasteiger partial charge in [-0.05, 0) is 53.1 Å². The van der Waals surface area contributed by atoms with E-state index in [0.29, 0.717) is 5.56 Å². The molecule has 3 rings (SSSR count). The average molecular weight is 303 g/mol. The van der Waals surface area contributed by atoms with Crippen LogP contribution in [0.25, 0.3) is 10.8 Å². The van der Waals surface area contributed by atoms with E-state index in [1.807, 2.05) is 67.6 Å². The second kappa shape index (κ2) is 6.32. The van der Waals surface area contributed by atoms with Gasteiger partial charge in [-0.3, -0.25) is 4.79 Å². The predicted molar refractivity (Wildman–Crippen MR) is 94.9 cm³/mol. The molecule has 4 nitrogen and oxygen atoms in total. The maximum atomic E-state index is 12.4. The molecule has 0 bridgehead atoms. The van der Waals surface area contributed by atoms with Crippen LogP contribution in [0.15, 0.2) is 65.8 Å². The lowest BCUT2D eigenvalue weighted by molar-refractivity contribution is 0.102. The molecule has 0 heterocycles. The number of hydrazone groups is 1. The Morgan fingerprint density at radius 2 is 1.78 bits per heavy atom. The van der Waals surface area contributed by atoms with Crippen molar-refractivity contribution in [1.29, 1.82) is 0 Å². The zero-order chi connectivity index (χ0) is 16.2. The first kappa shape index (κ1) is 14.8. The van der Waals surface area contributed by atoms with E-state index in [0.717, 1.165) is 27.6 Å². The van der Waals surface area contributed by atoms with Gasteiger partial charge >= 0.3 is 0 Å². The van der Waals surface area contributed by atoms with Crippen molar-refractivity contribution in [2.75, 3.05) is 5.32 Å². The van der Waals surface area contributed by atoms with Gasteiger partial charge in [0.15, 0.2) is 0 Å². The van der Waals surface area contributed by atoms with Crippen LogP contribution in [0.5, 0.6) is 0 Å². The van der Waals surface area contributed by atoms with Gasteiger partial charge in [-0.1, -0.05) is 36.4 Å². The number of hydrogen-bond donors (Lipinski definition) is 2. The van der Waals surface area contributed by atoms with Crippen molar-refractivity contribution in [3.8, 4) is 0 Å². The molecule has 1 amide bonds. The van der Waals surface area contributed by atoms with E-state index in [2.05, 4.69) is 10.4 Å². The Morgan fingerprint density at radius 1 is 1.04 bits per heavy atom. The van der Waals surface area contributed by atoms with Crippen molar-refractivity contribution in [3.05, 3.63) is 77.4 Å². The number of aryl methyl sites for hydroxylation is 1. The number of hydrogen-bond acceptors (Lipinski definition) is 3. The highest BCUT2D eigenvalue weighted by atomic mass is 16.1. The van der Waals surface area contributed by atoms with Gasteiger partial charge < -0.3 is 11.2 Å².